The van der Waals surface area contributed by atoms with Crippen molar-refractivity contribution in [3.63, 3.8) is 0 Å². The van der Waals surface area contributed by atoms with Gasteiger partial charge in [0.15, 0.2) is 11.0 Å². The van der Waals surface area contributed by atoms with Gasteiger partial charge in [0.05, 0.1) is 29.2 Å². The van der Waals surface area contributed by atoms with Gasteiger partial charge in [-0.15, -0.1) is 0 Å². The smallest absolute Gasteiger partial charge is 0.277 e. The van der Waals surface area contributed by atoms with E-state index in [1.165, 1.54) is 10.7 Å². The third kappa shape index (κ3) is 3.59. The van der Waals surface area contributed by atoms with Crippen molar-refractivity contribution in [3.05, 3.63) is 59.6 Å². The average Bonchev–Trinajstić information content (AvgIpc) is 3.28. The van der Waals surface area contributed by atoms with Gasteiger partial charge in [0, 0.05) is 18.6 Å². The number of aryl methyl sites for hydroxylation is 1. The predicted molar refractivity (Wildman–Crippen MR) is 103 cm³/mol. The van der Waals surface area contributed by atoms with E-state index in [2.05, 4.69) is 19.9 Å². The van der Waals surface area contributed by atoms with Gasteiger partial charge in [-0.25, -0.2) is 18.1 Å². The Morgan fingerprint density at radius 2 is 1.97 bits per heavy atom. The number of fused-ring (bicyclic) bond motifs is 1. The van der Waals surface area contributed by atoms with Crippen molar-refractivity contribution in [2.75, 3.05) is 4.72 Å². The van der Waals surface area contributed by atoms with Crippen LogP contribution >= 0.6 is 11.6 Å². The molecule has 0 aliphatic carbocycles. The van der Waals surface area contributed by atoms with Crippen LogP contribution in [0.1, 0.15) is 5.56 Å². The zero-order valence-corrected chi connectivity index (χ0v) is 16.7. The summed E-state index contributed by atoms with van der Waals surface area (Å²) in [7, 11) is -2.49. The Balaban J connectivity index is 1.69. The highest BCUT2D eigenvalue weighted by atomic mass is 35.5. The van der Waals surface area contributed by atoms with Crippen molar-refractivity contribution in [2.24, 2.45) is 7.05 Å². The molecule has 0 amide bonds. The minimum atomic E-state index is -4.57. The number of benzene rings is 1. The van der Waals surface area contributed by atoms with Crippen LogP contribution in [0.5, 0.6) is 0 Å². The molecule has 0 aliphatic heterocycles. The first-order valence-corrected chi connectivity index (χ1v) is 10.1. The molecule has 3 heterocycles. The SMILES string of the molecule is Cn1nc(Cl)c2cccc(NS(=O)(=O)c3cnn(-c4cc(C(F)(F)F)ccn4)c3)c21. The lowest BCUT2D eigenvalue weighted by molar-refractivity contribution is -0.137. The zero-order chi connectivity index (χ0) is 21.7. The monoisotopic (exact) mass is 456 g/mol. The highest BCUT2D eigenvalue weighted by Crippen LogP contribution is 2.31. The number of rotatable bonds is 4. The van der Waals surface area contributed by atoms with Gasteiger partial charge < -0.3 is 0 Å². The van der Waals surface area contributed by atoms with Crippen LogP contribution in [0.2, 0.25) is 5.15 Å². The summed E-state index contributed by atoms with van der Waals surface area (Å²) in [5.41, 5.74) is -0.220. The molecule has 30 heavy (non-hydrogen) atoms. The highest BCUT2D eigenvalue weighted by Gasteiger charge is 2.31. The molecule has 0 unspecified atom stereocenters. The van der Waals surface area contributed by atoms with E-state index in [0.717, 1.165) is 35.4 Å². The Hall–Kier alpha value is -3.12. The third-order valence-electron chi connectivity index (χ3n) is 4.24. The fourth-order valence-electron chi connectivity index (χ4n) is 2.87. The van der Waals surface area contributed by atoms with Crippen molar-refractivity contribution >= 4 is 38.2 Å². The summed E-state index contributed by atoms with van der Waals surface area (Å²) in [6.45, 7) is 0. The predicted octanol–water partition coefficient (Wildman–Crippen LogP) is 3.63. The van der Waals surface area contributed by atoms with Crippen LogP contribution in [-0.2, 0) is 23.2 Å². The van der Waals surface area contributed by atoms with E-state index in [9.17, 15) is 21.6 Å². The van der Waals surface area contributed by atoms with E-state index in [-0.39, 0.29) is 21.6 Å². The Morgan fingerprint density at radius 1 is 1.20 bits per heavy atom. The van der Waals surface area contributed by atoms with E-state index in [1.54, 1.807) is 19.2 Å². The van der Waals surface area contributed by atoms with Gasteiger partial charge in [-0.3, -0.25) is 9.40 Å². The molecule has 1 N–H and O–H groups in total. The maximum Gasteiger partial charge on any atom is 0.416 e. The second kappa shape index (κ2) is 6.99. The summed E-state index contributed by atoms with van der Waals surface area (Å²) in [4.78, 5) is 3.56. The first kappa shape index (κ1) is 20.2. The molecule has 0 saturated carbocycles. The van der Waals surface area contributed by atoms with E-state index in [0.29, 0.717) is 10.9 Å². The van der Waals surface area contributed by atoms with Crippen LogP contribution in [-0.4, -0.2) is 33.0 Å². The van der Waals surface area contributed by atoms with Crippen LogP contribution in [0, 0.1) is 0 Å². The summed E-state index contributed by atoms with van der Waals surface area (Å²) in [5.74, 6) is -0.174. The van der Waals surface area contributed by atoms with E-state index in [4.69, 9.17) is 11.6 Å². The Bertz CT molecular complexity index is 1360. The normalized spacial score (nSPS) is 12.4. The van der Waals surface area contributed by atoms with Crippen LogP contribution in [0.3, 0.4) is 0 Å². The number of para-hydroxylation sites is 1. The topological polar surface area (TPSA) is 94.7 Å². The number of sulfonamides is 1. The van der Waals surface area contributed by atoms with Gasteiger partial charge in [0.25, 0.3) is 10.0 Å². The summed E-state index contributed by atoms with van der Waals surface area (Å²) in [6.07, 6.45) is -1.51. The lowest BCUT2D eigenvalue weighted by Crippen LogP contribution is -2.13. The number of nitrogens with one attached hydrogen (secondary N) is 1. The second-order valence-electron chi connectivity index (χ2n) is 6.24. The van der Waals surface area contributed by atoms with Crippen molar-refractivity contribution in [2.45, 2.75) is 11.1 Å². The number of pyridine rings is 1. The minimum absolute atomic E-state index is 0.174. The van der Waals surface area contributed by atoms with E-state index < -0.39 is 21.8 Å². The maximum atomic E-state index is 12.9. The Morgan fingerprint density at radius 3 is 2.70 bits per heavy atom. The Kier molecular flexibility index (Phi) is 4.70. The molecule has 4 aromatic rings. The highest BCUT2D eigenvalue weighted by molar-refractivity contribution is 7.92. The number of aromatic nitrogens is 5. The van der Waals surface area contributed by atoms with E-state index >= 15 is 0 Å². The standard InChI is InChI=1S/C17H12ClF3N6O2S/c1-26-15-12(16(18)24-26)3-2-4-13(15)25-30(28,29)11-8-23-27(9-11)14-7-10(5-6-22-14)17(19,20)21/h2-9,25H,1H3. The Labute approximate surface area is 173 Å². The van der Waals surface area contributed by atoms with Crippen LogP contribution in [0.15, 0.2) is 53.8 Å². The minimum Gasteiger partial charge on any atom is -0.277 e. The first-order valence-electron chi connectivity index (χ1n) is 8.28. The molecule has 156 valence electrons. The molecule has 8 nitrogen and oxygen atoms in total. The fraction of sp³-hybridized carbons (Fsp3) is 0.118. The number of hydrogen-bond donors (Lipinski definition) is 1. The van der Waals surface area contributed by atoms with Gasteiger partial charge in [-0.1, -0.05) is 17.7 Å². The molecule has 1 aromatic carbocycles. The largest absolute Gasteiger partial charge is 0.416 e. The quantitative estimate of drug-likeness (QED) is 0.506. The third-order valence-corrected chi connectivity index (χ3v) is 5.84. The lowest BCUT2D eigenvalue weighted by atomic mass is 10.2. The van der Waals surface area contributed by atoms with Crippen molar-refractivity contribution in [1.82, 2.24) is 24.5 Å². The van der Waals surface area contributed by atoms with Crippen molar-refractivity contribution < 1.29 is 21.6 Å². The molecule has 0 bridgehead atoms. The molecule has 13 heteroatoms. The number of halogens is 4. The van der Waals surface area contributed by atoms with Gasteiger partial charge in [0.1, 0.15) is 4.90 Å². The molecule has 0 saturated heterocycles. The molecular formula is C17H12ClF3N6O2S. The van der Waals surface area contributed by atoms with Gasteiger partial charge in [-0.2, -0.15) is 23.4 Å². The molecule has 0 fully saturated rings. The molecular weight excluding hydrogens is 445 g/mol. The maximum absolute atomic E-state index is 12.9. The van der Waals surface area contributed by atoms with Crippen LogP contribution in [0.4, 0.5) is 18.9 Å². The van der Waals surface area contributed by atoms with Gasteiger partial charge >= 0.3 is 6.18 Å². The zero-order valence-electron chi connectivity index (χ0n) is 15.1. The van der Waals surface area contributed by atoms with Crippen molar-refractivity contribution in [1.29, 1.82) is 0 Å². The summed E-state index contributed by atoms with van der Waals surface area (Å²) >= 11 is 6.04. The van der Waals surface area contributed by atoms with E-state index in [1.807, 2.05) is 0 Å². The first-order chi connectivity index (χ1) is 14.1. The average molecular weight is 457 g/mol. The lowest BCUT2D eigenvalue weighted by Gasteiger charge is -2.09. The molecule has 4 rings (SSSR count). The van der Waals surface area contributed by atoms with Gasteiger partial charge in [0.2, 0.25) is 0 Å². The van der Waals surface area contributed by atoms with Crippen LogP contribution < -0.4 is 4.72 Å². The second-order valence-corrected chi connectivity index (χ2v) is 8.28. The number of anilines is 1. The number of nitrogens with zero attached hydrogens (tertiary/aromatic N) is 5. The molecule has 0 atom stereocenters. The molecule has 0 radical (unpaired) electrons. The molecule has 0 aliphatic rings. The molecule has 3 aromatic heterocycles. The summed E-state index contributed by atoms with van der Waals surface area (Å²) < 4.78 is 69.1. The van der Waals surface area contributed by atoms with Gasteiger partial charge in [-0.05, 0) is 24.3 Å². The number of hydrogen-bond acceptors (Lipinski definition) is 5. The molecule has 0 spiro atoms. The number of alkyl halides is 3. The fourth-order valence-corrected chi connectivity index (χ4v) is 4.13. The van der Waals surface area contributed by atoms with Crippen LogP contribution in [0.25, 0.3) is 16.7 Å². The summed E-state index contributed by atoms with van der Waals surface area (Å²) in [5, 5.41) is 8.66. The van der Waals surface area contributed by atoms with Crippen molar-refractivity contribution in [3.8, 4) is 5.82 Å². The summed E-state index contributed by atoms with van der Waals surface area (Å²) in [6, 6.07) is 6.43.